The Hall–Kier alpha value is -2.05. The summed E-state index contributed by atoms with van der Waals surface area (Å²) in [5, 5.41) is 1.28. The van der Waals surface area contributed by atoms with E-state index in [2.05, 4.69) is 46.9 Å². The largest absolute Gasteiger partial charge is 0.467 e. The molecule has 0 atom stereocenters. The Morgan fingerprint density at radius 2 is 1.85 bits per heavy atom. The molecule has 1 aromatic carbocycles. The summed E-state index contributed by atoms with van der Waals surface area (Å²) in [7, 11) is 1.57. The Labute approximate surface area is 158 Å². The first-order valence-electron chi connectivity index (χ1n) is 9.22. The van der Waals surface area contributed by atoms with E-state index in [0.717, 1.165) is 35.8 Å². The average molecular weight is 369 g/mol. The molecule has 2 aromatic heterocycles. The second-order valence-corrected chi connectivity index (χ2v) is 7.80. The highest BCUT2D eigenvalue weighted by atomic mass is 32.1. The zero-order chi connectivity index (χ0) is 18.1. The summed E-state index contributed by atoms with van der Waals surface area (Å²) in [5.74, 6) is 0.616. The molecule has 1 aliphatic rings. The van der Waals surface area contributed by atoms with Crippen LogP contribution in [0.25, 0.3) is 21.3 Å². The second-order valence-electron chi connectivity index (χ2n) is 6.74. The molecule has 26 heavy (non-hydrogen) atoms. The topological polar surface area (TPSA) is 51.1 Å². The van der Waals surface area contributed by atoms with E-state index < -0.39 is 0 Å². The summed E-state index contributed by atoms with van der Waals surface area (Å²) in [6, 6.07) is 7.52. The van der Waals surface area contributed by atoms with Gasteiger partial charge in [0.15, 0.2) is 0 Å². The lowest BCUT2D eigenvalue weighted by molar-refractivity contribution is 0.120. The standard InChI is InChI=1S/C20H24N4OS/c1-4-24(5-2)16-8-14(9-16)19-23-17-7-6-13(10-18(17)26-19)15-11-21-20(25-3)22-12-15/h6-7,10-12,14,16H,4-5,8-9H2,1-3H3. The van der Waals surface area contributed by atoms with Crippen molar-refractivity contribution in [2.24, 2.45) is 0 Å². The molecule has 1 fully saturated rings. The molecule has 6 heteroatoms. The first kappa shape index (κ1) is 17.4. The summed E-state index contributed by atoms with van der Waals surface area (Å²) >= 11 is 1.83. The maximum absolute atomic E-state index is 5.03. The number of benzene rings is 1. The van der Waals surface area contributed by atoms with Crippen molar-refractivity contribution in [2.45, 2.75) is 38.6 Å². The van der Waals surface area contributed by atoms with Gasteiger partial charge in [0, 0.05) is 29.9 Å². The number of nitrogens with zero attached hydrogens (tertiary/aromatic N) is 4. The molecule has 0 saturated heterocycles. The monoisotopic (exact) mass is 368 g/mol. The third kappa shape index (κ3) is 3.19. The van der Waals surface area contributed by atoms with E-state index in [1.807, 2.05) is 11.3 Å². The molecule has 0 amide bonds. The van der Waals surface area contributed by atoms with Gasteiger partial charge in [0.2, 0.25) is 0 Å². The Balaban J connectivity index is 1.53. The number of methoxy groups -OCH3 is 1. The van der Waals surface area contributed by atoms with Crippen LogP contribution in [-0.4, -0.2) is 46.1 Å². The van der Waals surface area contributed by atoms with Gasteiger partial charge in [0.25, 0.3) is 0 Å². The first-order valence-corrected chi connectivity index (χ1v) is 10.0. The van der Waals surface area contributed by atoms with Crippen molar-refractivity contribution < 1.29 is 4.74 Å². The van der Waals surface area contributed by atoms with Crippen LogP contribution in [0.15, 0.2) is 30.6 Å². The lowest BCUT2D eigenvalue weighted by Crippen LogP contribution is -2.43. The fourth-order valence-corrected chi connectivity index (χ4v) is 4.83. The van der Waals surface area contributed by atoms with Crippen molar-refractivity contribution >= 4 is 21.6 Å². The van der Waals surface area contributed by atoms with E-state index in [1.165, 1.54) is 22.5 Å². The van der Waals surface area contributed by atoms with E-state index in [4.69, 9.17) is 9.72 Å². The van der Waals surface area contributed by atoms with Crippen LogP contribution in [0.2, 0.25) is 0 Å². The van der Waals surface area contributed by atoms with Crippen LogP contribution in [0, 0.1) is 0 Å². The maximum atomic E-state index is 5.03. The third-order valence-corrected chi connectivity index (χ3v) is 6.52. The van der Waals surface area contributed by atoms with Gasteiger partial charge >= 0.3 is 6.01 Å². The van der Waals surface area contributed by atoms with Crippen LogP contribution in [-0.2, 0) is 0 Å². The number of thiazole rings is 1. The third-order valence-electron chi connectivity index (χ3n) is 5.34. The molecule has 1 saturated carbocycles. The van der Waals surface area contributed by atoms with E-state index in [-0.39, 0.29) is 0 Å². The smallest absolute Gasteiger partial charge is 0.316 e. The van der Waals surface area contributed by atoms with Crippen LogP contribution in [0.1, 0.15) is 37.6 Å². The molecule has 5 nitrogen and oxygen atoms in total. The highest BCUT2D eigenvalue weighted by Gasteiger charge is 2.35. The minimum atomic E-state index is 0.391. The highest BCUT2D eigenvalue weighted by Crippen LogP contribution is 2.42. The van der Waals surface area contributed by atoms with E-state index in [1.54, 1.807) is 19.5 Å². The number of hydrogen-bond acceptors (Lipinski definition) is 6. The SMILES string of the molecule is CCN(CC)C1CC(c2nc3ccc(-c4cnc(OC)nc4)cc3s2)C1. The lowest BCUT2D eigenvalue weighted by atomic mass is 9.79. The van der Waals surface area contributed by atoms with Crippen molar-refractivity contribution in [3.05, 3.63) is 35.6 Å². The predicted molar refractivity (Wildman–Crippen MR) is 106 cm³/mol. The van der Waals surface area contributed by atoms with E-state index in [0.29, 0.717) is 11.9 Å². The molecule has 0 aliphatic heterocycles. The van der Waals surface area contributed by atoms with Gasteiger partial charge in [-0.05, 0) is 43.6 Å². The fraction of sp³-hybridized carbons (Fsp3) is 0.450. The molecule has 0 N–H and O–H groups in total. The zero-order valence-electron chi connectivity index (χ0n) is 15.5. The quantitative estimate of drug-likeness (QED) is 0.647. The Morgan fingerprint density at radius 1 is 1.12 bits per heavy atom. The second kappa shape index (κ2) is 7.29. The van der Waals surface area contributed by atoms with Crippen molar-refractivity contribution in [2.75, 3.05) is 20.2 Å². The molecular formula is C20H24N4OS. The van der Waals surface area contributed by atoms with Crippen molar-refractivity contribution in [1.82, 2.24) is 19.9 Å². The van der Waals surface area contributed by atoms with Gasteiger partial charge in [-0.2, -0.15) is 0 Å². The van der Waals surface area contributed by atoms with Gasteiger partial charge in [0.1, 0.15) is 0 Å². The molecule has 0 spiro atoms. The van der Waals surface area contributed by atoms with Crippen molar-refractivity contribution in [3.8, 4) is 17.1 Å². The number of aromatic nitrogens is 3. The van der Waals surface area contributed by atoms with Crippen molar-refractivity contribution in [1.29, 1.82) is 0 Å². The highest BCUT2D eigenvalue weighted by molar-refractivity contribution is 7.18. The predicted octanol–water partition coefficient (Wildman–Crippen LogP) is 4.35. The summed E-state index contributed by atoms with van der Waals surface area (Å²) in [4.78, 5) is 15.9. The van der Waals surface area contributed by atoms with Gasteiger partial charge in [-0.3, -0.25) is 0 Å². The summed E-state index contributed by atoms with van der Waals surface area (Å²) in [5.41, 5.74) is 3.20. The van der Waals surface area contributed by atoms with Gasteiger partial charge in [-0.25, -0.2) is 15.0 Å². The van der Waals surface area contributed by atoms with Crippen LogP contribution >= 0.6 is 11.3 Å². The summed E-state index contributed by atoms with van der Waals surface area (Å²) in [6.45, 7) is 6.78. The number of rotatable bonds is 6. The Bertz CT molecular complexity index is 882. The fourth-order valence-electron chi connectivity index (χ4n) is 3.69. The molecule has 1 aliphatic carbocycles. The maximum Gasteiger partial charge on any atom is 0.316 e. The van der Waals surface area contributed by atoms with Crippen LogP contribution < -0.4 is 4.74 Å². The zero-order valence-corrected chi connectivity index (χ0v) is 16.3. The summed E-state index contributed by atoms with van der Waals surface area (Å²) in [6.07, 6.45) is 6.08. The van der Waals surface area contributed by atoms with E-state index >= 15 is 0 Å². The van der Waals surface area contributed by atoms with Gasteiger partial charge < -0.3 is 9.64 Å². The number of hydrogen-bond donors (Lipinski definition) is 0. The van der Waals surface area contributed by atoms with Crippen LogP contribution in [0.5, 0.6) is 6.01 Å². The normalized spacial score (nSPS) is 19.7. The molecular weight excluding hydrogens is 344 g/mol. The molecule has 3 aromatic rings. The Kier molecular flexibility index (Phi) is 4.87. The van der Waals surface area contributed by atoms with Gasteiger partial charge in [0.05, 0.1) is 22.3 Å². The molecule has 0 bridgehead atoms. The molecule has 0 unspecified atom stereocenters. The Morgan fingerprint density at radius 3 is 2.50 bits per heavy atom. The molecule has 2 heterocycles. The number of fused-ring (bicyclic) bond motifs is 1. The molecule has 4 rings (SSSR count). The van der Waals surface area contributed by atoms with Crippen molar-refractivity contribution in [3.63, 3.8) is 0 Å². The van der Waals surface area contributed by atoms with E-state index in [9.17, 15) is 0 Å². The molecule has 0 radical (unpaired) electrons. The minimum Gasteiger partial charge on any atom is -0.467 e. The van der Waals surface area contributed by atoms with Gasteiger partial charge in [-0.15, -0.1) is 11.3 Å². The average Bonchev–Trinajstić information content (AvgIpc) is 3.06. The number of ether oxygens (including phenoxy) is 1. The van der Waals surface area contributed by atoms with Crippen LogP contribution in [0.3, 0.4) is 0 Å². The summed E-state index contributed by atoms with van der Waals surface area (Å²) < 4.78 is 6.27. The van der Waals surface area contributed by atoms with Gasteiger partial charge in [-0.1, -0.05) is 19.9 Å². The van der Waals surface area contributed by atoms with Crippen LogP contribution in [0.4, 0.5) is 0 Å². The molecule has 136 valence electrons. The minimum absolute atomic E-state index is 0.391. The first-order chi connectivity index (χ1) is 12.7. The lowest BCUT2D eigenvalue weighted by Gasteiger charge is -2.41.